The lowest BCUT2D eigenvalue weighted by atomic mass is 9.97. The van der Waals surface area contributed by atoms with Gasteiger partial charge in [0.15, 0.2) is 11.5 Å². The van der Waals surface area contributed by atoms with Crippen molar-refractivity contribution in [1.29, 1.82) is 0 Å². The van der Waals surface area contributed by atoms with E-state index in [0.29, 0.717) is 5.69 Å². The van der Waals surface area contributed by atoms with Gasteiger partial charge >= 0.3 is 0 Å². The van der Waals surface area contributed by atoms with Crippen molar-refractivity contribution in [2.45, 2.75) is 6.04 Å². The van der Waals surface area contributed by atoms with Crippen LogP contribution in [0.2, 0.25) is 10.0 Å². The summed E-state index contributed by atoms with van der Waals surface area (Å²) in [5.41, 5.74) is 0.271. The van der Waals surface area contributed by atoms with Crippen molar-refractivity contribution in [3.8, 4) is 11.5 Å². The molecule has 1 saturated heterocycles. The van der Waals surface area contributed by atoms with Gasteiger partial charge in [-0.05, 0) is 42.5 Å². The van der Waals surface area contributed by atoms with Crippen LogP contribution in [0, 0.1) is 5.82 Å². The summed E-state index contributed by atoms with van der Waals surface area (Å²) < 4.78 is 24.1. The standard InChI is InChI=1S/C24H17Cl2FN2O5/c1-33-22-14(11-15(25)23(34-2)18(22)26)20(30)17-19(16-5-3-4-10-28-16)29(24(32)21(17)31)13-8-6-12(27)7-9-13/h3-11,19,30H,1-2H3/b20-17+. The van der Waals surface area contributed by atoms with Crippen molar-refractivity contribution in [3.05, 3.63) is 87.4 Å². The molecule has 0 spiro atoms. The molecule has 7 nitrogen and oxygen atoms in total. The summed E-state index contributed by atoms with van der Waals surface area (Å²) in [6, 6.07) is 10.2. The van der Waals surface area contributed by atoms with Crippen LogP contribution in [0.15, 0.2) is 60.3 Å². The second kappa shape index (κ2) is 9.32. The Morgan fingerprint density at radius 2 is 1.74 bits per heavy atom. The number of rotatable bonds is 5. The zero-order chi connectivity index (χ0) is 24.6. The maximum absolute atomic E-state index is 13.5. The normalized spacial score (nSPS) is 17.2. The quantitative estimate of drug-likeness (QED) is 0.294. The van der Waals surface area contributed by atoms with Crippen LogP contribution in [0.1, 0.15) is 17.3 Å². The first-order chi connectivity index (χ1) is 16.3. The van der Waals surface area contributed by atoms with Gasteiger partial charge in [0.25, 0.3) is 11.7 Å². The molecule has 4 rings (SSSR count). The number of hydrogen-bond donors (Lipinski definition) is 1. The van der Waals surface area contributed by atoms with Crippen molar-refractivity contribution < 1.29 is 28.6 Å². The summed E-state index contributed by atoms with van der Waals surface area (Å²) >= 11 is 12.6. The second-order valence-corrected chi connectivity index (χ2v) is 7.97. The molecule has 0 radical (unpaired) electrons. The third-order valence-corrected chi connectivity index (χ3v) is 5.94. The third-order valence-electron chi connectivity index (χ3n) is 5.31. The molecule has 10 heteroatoms. The Bertz CT molecular complexity index is 1310. The molecule has 1 fully saturated rings. The Kier molecular flexibility index (Phi) is 6.45. The van der Waals surface area contributed by atoms with E-state index in [1.807, 2.05) is 0 Å². The van der Waals surface area contributed by atoms with Crippen molar-refractivity contribution in [1.82, 2.24) is 4.98 Å². The molecular weight excluding hydrogens is 486 g/mol. The first kappa shape index (κ1) is 23.5. The third kappa shape index (κ3) is 3.85. The number of benzene rings is 2. The number of aliphatic hydroxyl groups excluding tert-OH is 1. The topological polar surface area (TPSA) is 89.0 Å². The highest BCUT2D eigenvalue weighted by Crippen LogP contribution is 2.47. The van der Waals surface area contributed by atoms with Gasteiger partial charge in [-0.2, -0.15) is 0 Å². The lowest BCUT2D eigenvalue weighted by Gasteiger charge is -2.24. The summed E-state index contributed by atoms with van der Waals surface area (Å²) in [7, 11) is 2.68. The fourth-order valence-electron chi connectivity index (χ4n) is 3.81. The molecular formula is C24H17Cl2FN2O5. The number of aromatic nitrogens is 1. The maximum atomic E-state index is 13.5. The molecule has 0 saturated carbocycles. The highest BCUT2D eigenvalue weighted by molar-refractivity contribution is 6.51. The van der Waals surface area contributed by atoms with Crippen molar-refractivity contribution in [2.24, 2.45) is 0 Å². The molecule has 2 aromatic carbocycles. The number of amides is 1. The van der Waals surface area contributed by atoms with E-state index in [-0.39, 0.29) is 38.4 Å². The van der Waals surface area contributed by atoms with Gasteiger partial charge < -0.3 is 14.6 Å². The first-order valence-corrected chi connectivity index (χ1v) is 10.6. The molecule has 0 bridgehead atoms. The Morgan fingerprint density at radius 3 is 2.32 bits per heavy atom. The predicted octanol–water partition coefficient (Wildman–Crippen LogP) is 5.17. The summed E-state index contributed by atoms with van der Waals surface area (Å²) in [5, 5.41) is 11.4. The lowest BCUT2D eigenvalue weighted by Crippen LogP contribution is -2.29. The fourth-order valence-corrected chi connectivity index (χ4v) is 4.50. The van der Waals surface area contributed by atoms with Crippen LogP contribution in [0.3, 0.4) is 0 Å². The van der Waals surface area contributed by atoms with Crippen molar-refractivity contribution in [2.75, 3.05) is 19.1 Å². The van der Waals surface area contributed by atoms with Crippen LogP contribution in [-0.4, -0.2) is 36.0 Å². The van der Waals surface area contributed by atoms with E-state index in [1.165, 1.54) is 38.6 Å². The molecule has 2 heterocycles. The minimum atomic E-state index is -1.11. The molecule has 1 aliphatic rings. The van der Waals surface area contributed by atoms with Crippen LogP contribution < -0.4 is 14.4 Å². The van der Waals surface area contributed by atoms with Gasteiger partial charge in [0.1, 0.15) is 22.6 Å². The Morgan fingerprint density at radius 1 is 1.06 bits per heavy atom. The van der Waals surface area contributed by atoms with Crippen LogP contribution in [0.25, 0.3) is 5.76 Å². The minimum absolute atomic E-state index is 0.00633. The first-order valence-electron chi connectivity index (χ1n) is 9.88. The number of aliphatic hydroxyl groups is 1. The van der Waals surface area contributed by atoms with Gasteiger partial charge in [0.05, 0.1) is 36.1 Å². The van der Waals surface area contributed by atoms with Crippen molar-refractivity contribution in [3.63, 3.8) is 0 Å². The number of ether oxygens (including phenoxy) is 2. The molecule has 1 amide bonds. The van der Waals surface area contributed by atoms with E-state index in [9.17, 15) is 19.1 Å². The van der Waals surface area contributed by atoms with Crippen LogP contribution >= 0.6 is 23.2 Å². The number of methoxy groups -OCH3 is 2. The smallest absolute Gasteiger partial charge is 0.300 e. The number of ketones is 1. The fraction of sp³-hybridized carbons (Fsp3) is 0.125. The molecule has 1 aliphatic heterocycles. The van der Waals surface area contributed by atoms with E-state index in [1.54, 1.807) is 18.2 Å². The molecule has 1 unspecified atom stereocenters. The van der Waals surface area contributed by atoms with Crippen LogP contribution in [0.4, 0.5) is 10.1 Å². The Labute approximate surface area is 204 Å². The SMILES string of the molecule is COc1c(Cl)cc(/C(O)=C2\C(=O)C(=O)N(c3ccc(F)cc3)C2c2ccccn2)c(OC)c1Cl. The largest absolute Gasteiger partial charge is 0.507 e. The van der Waals surface area contributed by atoms with Crippen LogP contribution in [0.5, 0.6) is 11.5 Å². The predicted molar refractivity (Wildman–Crippen MR) is 125 cm³/mol. The molecule has 3 aromatic rings. The zero-order valence-electron chi connectivity index (χ0n) is 17.9. The summed E-state index contributed by atoms with van der Waals surface area (Å²) in [6.45, 7) is 0. The van der Waals surface area contributed by atoms with Gasteiger partial charge in [-0.15, -0.1) is 0 Å². The van der Waals surface area contributed by atoms with Gasteiger partial charge in [-0.1, -0.05) is 29.3 Å². The van der Waals surface area contributed by atoms with Gasteiger partial charge in [0.2, 0.25) is 0 Å². The number of pyridine rings is 1. The average molecular weight is 503 g/mol. The van der Waals surface area contributed by atoms with E-state index >= 15 is 0 Å². The molecule has 1 N–H and O–H groups in total. The summed E-state index contributed by atoms with van der Waals surface area (Å²) in [5.74, 6) is -2.86. The van der Waals surface area contributed by atoms with Gasteiger partial charge in [0, 0.05) is 11.9 Å². The average Bonchev–Trinajstić information content (AvgIpc) is 3.10. The van der Waals surface area contributed by atoms with E-state index in [4.69, 9.17) is 32.7 Å². The monoisotopic (exact) mass is 502 g/mol. The number of hydrogen-bond acceptors (Lipinski definition) is 6. The maximum Gasteiger partial charge on any atom is 0.300 e. The van der Waals surface area contributed by atoms with E-state index in [0.717, 1.165) is 17.0 Å². The Hall–Kier alpha value is -3.62. The molecule has 174 valence electrons. The van der Waals surface area contributed by atoms with E-state index < -0.39 is 29.3 Å². The molecule has 0 aliphatic carbocycles. The second-order valence-electron chi connectivity index (χ2n) is 7.19. The van der Waals surface area contributed by atoms with Gasteiger partial charge in [-0.25, -0.2) is 4.39 Å². The number of Topliss-reactive ketones (excluding diaryl/α,β-unsaturated/α-hetero) is 1. The number of nitrogens with zero attached hydrogens (tertiary/aromatic N) is 2. The highest BCUT2D eigenvalue weighted by Gasteiger charge is 2.48. The molecule has 34 heavy (non-hydrogen) atoms. The summed E-state index contributed by atoms with van der Waals surface area (Å²) in [6.07, 6.45) is 1.49. The number of carbonyl (C=O) groups is 2. The number of halogens is 3. The number of carbonyl (C=O) groups excluding carboxylic acids is 2. The zero-order valence-corrected chi connectivity index (χ0v) is 19.4. The van der Waals surface area contributed by atoms with Crippen molar-refractivity contribution >= 4 is 46.3 Å². The van der Waals surface area contributed by atoms with Gasteiger partial charge in [-0.3, -0.25) is 19.5 Å². The molecule has 1 aromatic heterocycles. The lowest BCUT2D eigenvalue weighted by molar-refractivity contribution is -0.132. The Balaban J connectivity index is 2.00. The highest BCUT2D eigenvalue weighted by atomic mass is 35.5. The number of anilines is 1. The van der Waals surface area contributed by atoms with Crippen LogP contribution in [-0.2, 0) is 9.59 Å². The summed E-state index contributed by atoms with van der Waals surface area (Å²) in [4.78, 5) is 31.8. The molecule has 1 atom stereocenters. The minimum Gasteiger partial charge on any atom is -0.507 e. The van der Waals surface area contributed by atoms with E-state index in [2.05, 4.69) is 4.98 Å².